The maximum atomic E-state index is 13.3. The number of fused-ring (bicyclic) bond motifs is 1. The van der Waals surface area contributed by atoms with Crippen LogP contribution >= 0.6 is 0 Å². The lowest BCUT2D eigenvalue weighted by molar-refractivity contribution is 0.301. The smallest absolute Gasteiger partial charge is 0.191 e. The number of aromatic nitrogens is 2. The maximum absolute atomic E-state index is 13.3. The SMILES string of the molecule is CN=C(NCCc1c[nH]c2cc(F)ccc12)NCc1ccc(OCc2ccccn2)cc1. The number of H-pyrrole nitrogens is 1. The van der Waals surface area contributed by atoms with Gasteiger partial charge < -0.3 is 20.4 Å². The van der Waals surface area contributed by atoms with Crippen molar-refractivity contribution in [3.8, 4) is 5.75 Å². The predicted octanol–water partition coefficient (Wildman–Crippen LogP) is 4.19. The van der Waals surface area contributed by atoms with Crippen LogP contribution in [-0.2, 0) is 19.6 Å². The van der Waals surface area contributed by atoms with Gasteiger partial charge in [-0.05, 0) is 60.0 Å². The molecule has 3 N–H and O–H groups in total. The Hall–Kier alpha value is -3.87. The highest BCUT2D eigenvalue weighted by molar-refractivity contribution is 5.83. The maximum Gasteiger partial charge on any atom is 0.191 e. The number of aromatic amines is 1. The molecule has 4 rings (SSSR count). The molecule has 0 atom stereocenters. The first-order valence-electron chi connectivity index (χ1n) is 10.5. The molecule has 32 heavy (non-hydrogen) atoms. The fraction of sp³-hybridized carbons (Fsp3) is 0.200. The third-order valence-electron chi connectivity index (χ3n) is 5.14. The molecule has 2 aromatic heterocycles. The van der Waals surface area contributed by atoms with Crippen LogP contribution in [0.2, 0.25) is 0 Å². The van der Waals surface area contributed by atoms with Gasteiger partial charge in [-0.2, -0.15) is 0 Å². The summed E-state index contributed by atoms with van der Waals surface area (Å²) in [5, 5.41) is 7.68. The molecular formula is C25H26FN5O. The molecule has 0 bridgehead atoms. The summed E-state index contributed by atoms with van der Waals surface area (Å²) in [6.07, 6.45) is 4.49. The average Bonchev–Trinajstić information content (AvgIpc) is 3.23. The van der Waals surface area contributed by atoms with E-state index in [1.807, 2.05) is 54.7 Å². The second-order valence-electron chi connectivity index (χ2n) is 7.36. The minimum absolute atomic E-state index is 0.235. The third-order valence-corrected chi connectivity index (χ3v) is 5.14. The summed E-state index contributed by atoms with van der Waals surface area (Å²) in [5.41, 5.74) is 3.98. The van der Waals surface area contributed by atoms with Gasteiger partial charge in [0.05, 0.1) is 5.69 Å². The molecular weight excluding hydrogens is 405 g/mol. The van der Waals surface area contributed by atoms with E-state index in [4.69, 9.17) is 4.74 Å². The van der Waals surface area contributed by atoms with Crippen LogP contribution in [0.3, 0.4) is 0 Å². The molecule has 2 heterocycles. The Morgan fingerprint density at radius 1 is 1.09 bits per heavy atom. The van der Waals surface area contributed by atoms with Gasteiger partial charge in [0, 0.05) is 43.4 Å². The van der Waals surface area contributed by atoms with E-state index >= 15 is 0 Å². The van der Waals surface area contributed by atoms with Gasteiger partial charge in [0.25, 0.3) is 0 Å². The summed E-state index contributed by atoms with van der Waals surface area (Å²) in [7, 11) is 1.75. The number of nitrogens with zero attached hydrogens (tertiary/aromatic N) is 2. The lowest BCUT2D eigenvalue weighted by Gasteiger charge is -2.12. The lowest BCUT2D eigenvalue weighted by Crippen LogP contribution is -2.37. The van der Waals surface area contributed by atoms with Crippen LogP contribution in [0.4, 0.5) is 4.39 Å². The van der Waals surface area contributed by atoms with Gasteiger partial charge in [-0.3, -0.25) is 9.98 Å². The zero-order valence-corrected chi connectivity index (χ0v) is 17.9. The number of pyridine rings is 1. The topological polar surface area (TPSA) is 74.3 Å². The Kier molecular flexibility index (Phi) is 6.97. The van der Waals surface area contributed by atoms with E-state index in [1.165, 1.54) is 12.1 Å². The number of aliphatic imine (C=N–C) groups is 1. The standard InChI is InChI=1S/C25H26FN5O/c1-27-25(29-13-11-19-16-30-24-14-20(26)7-10-23(19)24)31-15-18-5-8-22(9-6-18)32-17-21-4-2-3-12-28-21/h2-10,12,14,16,30H,11,13,15,17H2,1H3,(H2,27,29,31). The van der Waals surface area contributed by atoms with Crippen molar-refractivity contribution in [3.05, 3.63) is 95.7 Å². The largest absolute Gasteiger partial charge is 0.487 e. The van der Waals surface area contributed by atoms with Gasteiger partial charge in [-0.25, -0.2) is 4.39 Å². The molecule has 164 valence electrons. The van der Waals surface area contributed by atoms with Gasteiger partial charge in [-0.1, -0.05) is 18.2 Å². The Morgan fingerprint density at radius 2 is 1.97 bits per heavy atom. The Bertz CT molecular complexity index is 1170. The molecule has 0 aliphatic rings. The molecule has 6 nitrogen and oxygen atoms in total. The van der Waals surface area contributed by atoms with Gasteiger partial charge in [-0.15, -0.1) is 0 Å². The van der Waals surface area contributed by atoms with E-state index in [-0.39, 0.29) is 5.82 Å². The third kappa shape index (κ3) is 5.63. The Labute approximate surface area is 186 Å². The highest BCUT2D eigenvalue weighted by Gasteiger charge is 2.05. The van der Waals surface area contributed by atoms with Crippen LogP contribution < -0.4 is 15.4 Å². The van der Waals surface area contributed by atoms with Crippen molar-refractivity contribution in [1.82, 2.24) is 20.6 Å². The molecule has 0 amide bonds. The van der Waals surface area contributed by atoms with E-state index < -0.39 is 0 Å². The molecule has 0 unspecified atom stereocenters. The fourth-order valence-electron chi connectivity index (χ4n) is 3.43. The van der Waals surface area contributed by atoms with Crippen molar-refractivity contribution >= 4 is 16.9 Å². The first-order valence-corrected chi connectivity index (χ1v) is 10.5. The van der Waals surface area contributed by atoms with Crippen molar-refractivity contribution < 1.29 is 9.13 Å². The summed E-state index contributed by atoms with van der Waals surface area (Å²) in [5.74, 6) is 1.30. The van der Waals surface area contributed by atoms with Crippen molar-refractivity contribution in [1.29, 1.82) is 0 Å². The van der Waals surface area contributed by atoms with Gasteiger partial charge in [0.15, 0.2) is 5.96 Å². The van der Waals surface area contributed by atoms with Crippen molar-refractivity contribution in [2.24, 2.45) is 4.99 Å². The zero-order valence-electron chi connectivity index (χ0n) is 17.9. The van der Waals surface area contributed by atoms with Crippen LogP contribution in [0.1, 0.15) is 16.8 Å². The number of guanidine groups is 1. The molecule has 0 aliphatic heterocycles. The summed E-state index contributed by atoms with van der Waals surface area (Å²) in [6.45, 7) is 1.80. The zero-order chi connectivity index (χ0) is 22.2. The Balaban J connectivity index is 1.22. The summed E-state index contributed by atoms with van der Waals surface area (Å²) < 4.78 is 19.1. The number of halogens is 1. The molecule has 0 saturated heterocycles. The molecule has 7 heteroatoms. The molecule has 0 fully saturated rings. The fourth-order valence-corrected chi connectivity index (χ4v) is 3.43. The van der Waals surface area contributed by atoms with E-state index in [0.29, 0.717) is 19.7 Å². The highest BCUT2D eigenvalue weighted by atomic mass is 19.1. The normalized spacial score (nSPS) is 11.5. The minimum Gasteiger partial charge on any atom is -0.487 e. The highest BCUT2D eigenvalue weighted by Crippen LogP contribution is 2.19. The van der Waals surface area contributed by atoms with Crippen LogP contribution in [0.25, 0.3) is 10.9 Å². The molecule has 4 aromatic rings. The van der Waals surface area contributed by atoms with E-state index in [0.717, 1.165) is 45.9 Å². The molecule has 0 radical (unpaired) electrons. The van der Waals surface area contributed by atoms with Gasteiger partial charge >= 0.3 is 0 Å². The Morgan fingerprint density at radius 3 is 2.75 bits per heavy atom. The summed E-state index contributed by atoms with van der Waals surface area (Å²) in [4.78, 5) is 11.7. The number of hydrogen-bond acceptors (Lipinski definition) is 3. The quantitative estimate of drug-likeness (QED) is 0.289. The van der Waals surface area contributed by atoms with Crippen molar-refractivity contribution in [3.63, 3.8) is 0 Å². The summed E-state index contributed by atoms with van der Waals surface area (Å²) in [6, 6.07) is 18.6. The number of nitrogens with one attached hydrogen (secondary N) is 3. The van der Waals surface area contributed by atoms with E-state index in [1.54, 1.807) is 13.2 Å². The summed E-state index contributed by atoms with van der Waals surface area (Å²) >= 11 is 0. The van der Waals surface area contributed by atoms with Crippen LogP contribution in [0, 0.1) is 5.82 Å². The lowest BCUT2D eigenvalue weighted by atomic mass is 10.1. The molecule has 0 spiro atoms. The molecule has 0 aliphatic carbocycles. The average molecular weight is 432 g/mol. The number of ether oxygens (including phenoxy) is 1. The predicted molar refractivity (Wildman–Crippen MR) is 125 cm³/mol. The van der Waals surface area contributed by atoms with Crippen molar-refractivity contribution in [2.75, 3.05) is 13.6 Å². The van der Waals surface area contributed by atoms with Crippen LogP contribution in [0.15, 0.2) is 78.0 Å². The van der Waals surface area contributed by atoms with Gasteiger partial charge in [0.2, 0.25) is 0 Å². The van der Waals surface area contributed by atoms with Crippen LogP contribution in [-0.4, -0.2) is 29.5 Å². The van der Waals surface area contributed by atoms with E-state index in [2.05, 4.69) is 25.6 Å². The van der Waals surface area contributed by atoms with Crippen LogP contribution in [0.5, 0.6) is 5.75 Å². The number of hydrogen-bond donors (Lipinski definition) is 3. The first kappa shape index (κ1) is 21.4. The van der Waals surface area contributed by atoms with Gasteiger partial charge in [0.1, 0.15) is 18.2 Å². The number of benzene rings is 2. The molecule has 2 aromatic carbocycles. The second kappa shape index (κ2) is 10.4. The molecule has 0 saturated carbocycles. The minimum atomic E-state index is -0.235. The monoisotopic (exact) mass is 431 g/mol. The second-order valence-corrected chi connectivity index (χ2v) is 7.36. The van der Waals surface area contributed by atoms with Crippen molar-refractivity contribution in [2.45, 2.75) is 19.6 Å². The number of rotatable bonds is 8. The first-order chi connectivity index (χ1) is 15.7. The van der Waals surface area contributed by atoms with E-state index in [9.17, 15) is 4.39 Å².